The topological polar surface area (TPSA) is 62.7 Å². The van der Waals surface area contributed by atoms with Gasteiger partial charge in [-0.3, -0.25) is 0 Å². The third kappa shape index (κ3) is 1.59. The van der Waals surface area contributed by atoms with Crippen LogP contribution in [0.3, 0.4) is 0 Å². The van der Waals surface area contributed by atoms with Crippen molar-refractivity contribution >= 4 is 38.4 Å². The number of nitrogens with zero attached hydrogens (tertiary/aromatic N) is 2. The molecular weight excluding hydrogens is 202 g/mol. The standard InChI is InChI=1S/C8H5N3S2/c9-4-12-5-1-2-7-6(3-5)11-8(10)13-7/h1-3H,(H2,10,11). The minimum absolute atomic E-state index is 0.564. The van der Waals surface area contributed by atoms with Crippen LogP contribution >= 0.6 is 23.1 Å². The number of benzene rings is 1. The molecule has 0 aliphatic heterocycles. The molecule has 1 aromatic carbocycles. The van der Waals surface area contributed by atoms with Crippen LogP contribution in [-0.2, 0) is 0 Å². The molecule has 0 saturated carbocycles. The molecule has 0 spiro atoms. The Labute approximate surface area is 83.2 Å². The van der Waals surface area contributed by atoms with Gasteiger partial charge in [0.2, 0.25) is 0 Å². The number of hydrogen-bond donors (Lipinski definition) is 1. The molecule has 0 saturated heterocycles. The summed E-state index contributed by atoms with van der Waals surface area (Å²) < 4.78 is 1.06. The lowest BCUT2D eigenvalue weighted by Crippen LogP contribution is -1.79. The SMILES string of the molecule is N#CSc1ccc2sc(N)nc2c1. The van der Waals surface area contributed by atoms with E-state index in [2.05, 4.69) is 4.98 Å². The summed E-state index contributed by atoms with van der Waals surface area (Å²) in [7, 11) is 0. The van der Waals surface area contributed by atoms with E-state index in [1.54, 1.807) is 0 Å². The number of nitrogens with two attached hydrogens (primary N) is 1. The van der Waals surface area contributed by atoms with E-state index in [1.165, 1.54) is 11.3 Å². The van der Waals surface area contributed by atoms with Crippen LogP contribution in [0.2, 0.25) is 0 Å². The summed E-state index contributed by atoms with van der Waals surface area (Å²) in [4.78, 5) is 5.03. The minimum Gasteiger partial charge on any atom is -0.375 e. The third-order valence-corrected chi connectivity index (χ3v) is 2.99. The fourth-order valence-electron chi connectivity index (χ4n) is 1.04. The predicted octanol–water partition coefficient (Wildman–Crippen LogP) is 2.45. The predicted molar refractivity (Wildman–Crippen MR) is 55.5 cm³/mol. The van der Waals surface area contributed by atoms with Crippen molar-refractivity contribution in [2.24, 2.45) is 0 Å². The molecule has 13 heavy (non-hydrogen) atoms. The molecule has 1 aromatic heterocycles. The van der Waals surface area contributed by atoms with Gasteiger partial charge < -0.3 is 5.73 Å². The first-order chi connectivity index (χ1) is 6.29. The summed E-state index contributed by atoms with van der Waals surface area (Å²) in [5, 5.41) is 11.0. The number of nitrogen functional groups attached to an aromatic ring is 1. The van der Waals surface area contributed by atoms with Crippen LogP contribution in [0.5, 0.6) is 0 Å². The molecule has 0 aliphatic carbocycles. The lowest BCUT2D eigenvalue weighted by molar-refractivity contribution is 1.44. The van der Waals surface area contributed by atoms with Crippen molar-refractivity contribution in [3.8, 4) is 5.40 Å². The molecular formula is C8H5N3S2. The van der Waals surface area contributed by atoms with Gasteiger partial charge in [0.15, 0.2) is 5.13 Å². The first-order valence-electron chi connectivity index (χ1n) is 3.51. The minimum atomic E-state index is 0.564. The Morgan fingerprint density at radius 1 is 1.54 bits per heavy atom. The van der Waals surface area contributed by atoms with E-state index < -0.39 is 0 Å². The van der Waals surface area contributed by atoms with Gasteiger partial charge in [0.25, 0.3) is 0 Å². The molecule has 0 fully saturated rings. The molecule has 0 radical (unpaired) electrons. The molecule has 0 bridgehead atoms. The molecule has 3 nitrogen and oxygen atoms in total. The van der Waals surface area contributed by atoms with Gasteiger partial charge in [0.1, 0.15) is 5.40 Å². The van der Waals surface area contributed by atoms with Gasteiger partial charge in [-0.05, 0) is 30.0 Å². The fourth-order valence-corrected chi connectivity index (χ4v) is 2.17. The van der Waals surface area contributed by atoms with Crippen molar-refractivity contribution in [2.75, 3.05) is 5.73 Å². The zero-order valence-electron chi connectivity index (χ0n) is 6.52. The Balaban J connectivity index is 2.56. The van der Waals surface area contributed by atoms with E-state index in [-0.39, 0.29) is 0 Å². The Morgan fingerprint density at radius 2 is 2.38 bits per heavy atom. The molecule has 0 atom stereocenters. The lowest BCUT2D eigenvalue weighted by Gasteiger charge is -1.91. The maximum absolute atomic E-state index is 8.47. The third-order valence-electron chi connectivity index (χ3n) is 1.54. The van der Waals surface area contributed by atoms with E-state index in [0.717, 1.165) is 26.9 Å². The van der Waals surface area contributed by atoms with Crippen molar-refractivity contribution in [1.82, 2.24) is 4.98 Å². The zero-order valence-corrected chi connectivity index (χ0v) is 8.15. The van der Waals surface area contributed by atoms with Crippen LogP contribution in [0.1, 0.15) is 0 Å². The van der Waals surface area contributed by atoms with E-state index in [9.17, 15) is 0 Å². The molecule has 64 valence electrons. The molecule has 5 heteroatoms. The summed E-state index contributed by atoms with van der Waals surface area (Å²) in [5.74, 6) is 0. The highest BCUT2D eigenvalue weighted by Crippen LogP contribution is 2.27. The Hall–Kier alpha value is -1.25. The second-order valence-corrected chi connectivity index (χ2v) is 4.30. The second kappa shape index (κ2) is 3.24. The van der Waals surface area contributed by atoms with Crippen LogP contribution in [0.4, 0.5) is 5.13 Å². The van der Waals surface area contributed by atoms with Gasteiger partial charge >= 0.3 is 0 Å². The Morgan fingerprint density at radius 3 is 3.15 bits per heavy atom. The zero-order chi connectivity index (χ0) is 9.26. The van der Waals surface area contributed by atoms with E-state index in [4.69, 9.17) is 11.0 Å². The normalized spacial score (nSPS) is 10.1. The van der Waals surface area contributed by atoms with E-state index in [1.807, 2.05) is 23.6 Å². The number of thiazole rings is 1. The van der Waals surface area contributed by atoms with Crippen LogP contribution in [0.15, 0.2) is 23.1 Å². The van der Waals surface area contributed by atoms with Crippen LogP contribution in [0.25, 0.3) is 10.2 Å². The van der Waals surface area contributed by atoms with Crippen molar-refractivity contribution < 1.29 is 0 Å². The van der Waals surface area contributed by atoms with Crippen LogP contribution in [0, 0.1) is 10.7 Å². The number of thioether (sulfide) groups is 1. The largest absolute Gasteiger partial charge is 0.375 e. The number of nitriles is 1. The van der Waals surface area contributed by atoms with Crippen molar-refractivity contribution in [3.05, 3.63) is 18.2 Å². The van der Waals surface area contributed by atoms with Crippen LogP contribution < -0.4 is 5.73 Å². The quantitative estimate of drug-likeness (QED) is 0.576. The van der Waals surface area contributed by atoms with Crippen LogP contribution in [-0.4, -0.2) is 4.98 Å². The molecule has 1 heterocycles. The van der Waals surface area contributed by atoms with Crippen molar-refractivity contribution in [3.63, 3.8) is 0 Å². The number of aromatic nitrogens is 1. The van der Waals surface area contributed by atoms with E-state index in [0.29, 0.717) is 5.13 Å². The highest BCUT2D eigenvalue weighted by Gasteiger charge is 2.01. The first kappa shape index (κ1) is 8.35. The monoisotopic (exact) mass is 207 g/mol. The average Bonchev–Trinajstić information content (AvgIpc) is 2.44. The highest BCUT2D eigenvalue weighted by atomic mass is 32.2. The number of anilines is 1. The smallest absolute Gasteiger partial charge is 0.181 e. The molecule has 0 amide bonds. The van der Waals surface area contributed by atoms with Crippen molar-refractivity contribution in [2.45, 2.75) is 4.90 Å². The maximum atomic E-state index is 8.47. The Kier molecular flexibility index (Phi) is 2.08. The Bertz CT molecular complexity index is 484. The summed E-state index contributed by atoms with van der Waals surface area (Å²) >= 11 is 2.58. The number of hydrogen-bond acceptors (Lipinski definition) is 5. The number of fused-ring (bicyclic) bond motifs is 1. The highest BCUT2D eigenvalue weighted by molar-refractivity contribution is 8.03. The number of rotatable bonds is 1. The van der Waals surface area contributed by atoms with Gasteiger partial charge in [-0.25, -0.2) is 4.98 Å². The fraction of sp³-hybridized carbons (Fsp3) is 0. The second-order valence-electron chi connectivity index (χ2n) is 2.37. The van der Waals surface area contributed by atoms with E-state index >= 15 is 0 Å². The summed E-state index contributed by atoms with van der Waals surface area (Å²) in [6.07, 6.45) is 0. The van der Waals surface area contributed by atoms with Gasteiger partial charge in [-0.1, -0.05) is 11.3 Å². The number of thiocyanates is 1. The molecule has 2 N–H and O–H groups in total. The summed E-state index contributed by atoms with van der Waals surface area (Å²) in [5.41, 5.74) is 6.41. The van der Waals surface area contributed by atoms with Gasteiger partial charge in [-0.2, -0.15) is 5.26 Å². The first-order valence-corrected chi connectivity index (χ1v) is 5.15. The van der Waals surface area contributed by atoms with Gasteiger partial charge in [-0.15, -0.1) is 0 Å². The molecule has 2 aromatic rings. The summed E-state index contributed by atoms with van der Waals surface area (Å²) in [6.45, 7) is 0. The summed E-state index contributed by atoms with van der Waals surface area (Å²) in [6, 6.07) is 5.70. The average molecular weight is 207 g/mol. The molecule has 0 unspecified atom stereocenters. The lowest BCUT2D eigenvalue weighted by atomic mass is 10.3. The molecule has 2 rings (SSSR count). The maximum Gasteiger partial charge on any atom is 0.181 e. The van der Waals surface area contributed by atoms with Crippen molar-refractivity contribution in [1.29, 1.82) is 5.26 Å². The van der Waals surface area contributed by atoms with Gasteiger partial charge in [0.05, 0.1) is 10.2 Å². The molecule has 0 aliphatic rings. The van der Waals surface area contributed by atoms with Gasteiger partial charge in [0, 0.05) is 4.90 Å².